The Labute approximate surface area is 110 Å². The molecule has 0 saturated carbocycles. The van der Waals surface area contributed by atoms with Crippen LogP contribution in [-0.4, -0.2) is 23.6 Å². The lowest BCUT2D eigenvalue weighted by Crippen LogP contribution is -2.22. The van der Waals surface area contributed by atoms with Crippen LogP contribution in [-0.2, 0) is 6.42 Å². The van der Waals surface area contributed by atoms with Gasteiger partial charge in [-0.05, 0) is 24.8 Å². The second-order valence-corrected chi connectivity index (χ2v) is 5.25. The van der Waals surface area contributed by atoms with Crippen molar-refractivity contribution in [1.29, 1.82) is 0 Å². The van der Waals surface area contributed by atoms with Crippen LogP contribution in [0.25, 0.3) is 0 Å². The molecule has 0 N–H and O–H groups in total. The third-order valence-corrected chi connectivity index (χ3v) is 3.95. The second-order valence-electron chi connectivity index (χ2n) is 3.86. The van der Waals surface area contributed by atoms with Gasteiger partial charge in [0, 0.05) is 24.0 Å². The summed E-state index contributed by atoms with van der Waals surface area (Å²) < 4.78 is 0. The first-order chi connectivity index (χ1) is 8.18. The van der Waals surface area contributed by atoms with Crippen LogP contribution in [0.15, 0.2) is 23.8 Å². The summed E-state index contributed by atoms with van der Waals surface area (Å²) in [5.41, 5.74) is 0.933. The topological polar surface area (TPSA) is 29.0 Å². The van der Waals surface area contributed by atoms with Crippen molar-refractivity contribution >= 4 is 28.8 Å². The third-order valence-electron chi connectivity index (χ3n) is 2.63. The molecule has 2 aromatic heterocycles. The molecule has 0 saturated heterocycles. The maximum absolute atomic E-state index is 5.98. The molecule has 17 heavy (non-hydrogen) atoms. The molecule has 90 valence electrons. The lowest BCUT2D eigenvalue weighted by molar-refractivity contribution is 0.858. The Bertz CT molecular complexity index is 485. The largest absolute Gasteiger partial charge is 0.359 e. The van der Waals surface area contributed by atoms with Crippen LogP contribution in [0.5, 0.6) is 0 Å². The molecule has 0 aliphatic carbocycles. The standard InChI is InChI=1S/C12H14ClN3S/c1-9-11(13)14-8-15-12(9)16(2)6-5-10-4-3-7-17-10/h3-4,7-8H,5-6H2,1-2H3. The monoisotopic (exact) mass is 267 g/mol. The van der Waals surface area contributed by atoms with Crippen molar-refractivity contribution in [2.24, 2.45) is 0 Å². The van der Waals surface area contributed by atoms with E-state index in [1.54, 1.807) is 11.3 Å². The van der Waals surface area contributed by atoms with Crippen LogP contribution < -0.4 is 4.90 Å². The molecule has 0 spiro atoms. The summed E-state index contributed by atoms with van der Waals surface area (Å²) in [4.78, 5) is 11.7. The highest BCUT2D eigenvalue weighted by Crippen LogP contribution is 2.21. The average molecular weight is 268 g/mol. The number of hydrogen-bond donors (Lipinski definition) is 0. The highest BCUT2D eigenvalue weighted by atomic mass is 35.5. The zero-order valence-electron chi connectivity index (χ0n) is 9.85. The number of likely N-dealkylation sites (N-methyl/N-ethyl adjacent to an activating group) is 1. The van der Waals surface area contributed by atoms with E-state index in [1.807, 2.05) is 14.0 Å². The van der Waals surface area contributed by atoms with Crippen LogP contribution in [0.4, 0.5) is 5.82 Å². The van der Waals surface area contributed by atoms with E-state index in [2.05, 4.69) is 32.4 Å². The van der Waals surface area contributed by atoms with Crippen molar-refractivity contribution in [2.45, 2.75) is 13.3 Å². The maximum atomic E-state index is 5.98. The predicted octanol–water partition coefficient (Wildman–Crippen LogP) is 3.18. The maximum Gasteiger partial charge on any atom is 0.137 e. The number of anilines is 1. The molecule has 0 radical (unpaired) electrons. The van der Waals surface area contributed by atoms with Crippen molar-refractivity contribution in [3.05, 3.63) is 39.4 Å². The van der Waals surface area contributed by atoms with E-state index in [0.29, 0.717) is 5.15 Å². The second kappa shape index (κ2) is 5.47. The van der Waals surface area contributed by atoms with Gasteiger partial charge in [0.2, 0.25) is 0 Å². The van der Waals surface area contributed by atoms with Gasteiger partial charge in [-0.25, -0.2) is 9.97 Å². The minimum absolute atomic E-state index is 0.526. The Hall–Kier alpha value is -1.13. The van der Waals surface area contributed by atoms with Crippen LogP contribution in [0.1, 0.15) is 10.4 Å². The van der Waals surface area contributed by atoms with Gasteiger partial charge in [0.05, 0.1) is 0 Å². The fourth-order valence-corrected chi connectivity index (χ4v) is 2.47. The molecular formula is C12H14ClN3S. The predicted molar refractivity (Wildman–Crippen MR) is 73.1 cm³/mol. The molecule has 0 fully saturated rings. The Balaban J connectivity index is 2.04. The van der Waals surface area contributed by atoms with Crippen LogP contribution in [0, 0.1) is 6.92 Å². The minimum Gasteiger partial charge on any atom is -0.359 e. The molecule has 0 aromatic carbocycles. The summed E-state index contributed by atoms with van der Waals surface area (Å²) >= 11 is 7.76. The van der Waals surface area contributed by atoms with Crippen molar-refractivity contribution in [2.75, 3.05) is 18.5 Å². The highest BCUT2D eigenvalue weighted by molar-refractivity contribution is 7.09. The first-order valence-electron chi connectivity index (χ1n) is 5.39. The van der Waals surface area contributed by atoms with E-state index >= 15 is 0 Å². The Morgan fingerprint density at radius 1 is 1.41 bits per heavy atom. The number of nitrogens with zero attached hydrogens (tertiary/aromatic N) is 3. The fraction of sp³-hybridized carbons (Fsp3) is 0.333. The molecule has 0 aliphatic rings. The van der Waals surface area contributed by atoms with Crippen LogP contribution in [0.2, 0.25) is 5.15 Å². The normalized spacial score (nSPS) is 10.5. The summed E-state index contributed by atoms with van der Waals surface area (Å²) in [7, 11) is 2.03. The molecule has 2 aromatic rings. The number of aromatic nitrogens is 2. The molecule has 0 aliphatic heterocycles. The average Bonchev–Trinajstić information content (AvgIpc) is 2.82. The molecule has 2 rings (SSSR count). The molecule has 5 heteroatoms. The summed E-state index contributed by atoms with van der Waals surface area (Å²) in [6, 6.07) is 4.23. The molecule has 0 amide bonds. The minimum atomic E-state index is 0.526. The van der Waals surface area contributed by atoms with Crippen molar-refractivity contribution in [3.63, 3.8) is 0 Å². The number of hydrogen-bond acceptors (Lipinski definition) is 4. The van der Waals surface area contributed by atoms with Gasteiger partial charge in [-0.1, -0.05) is 17.7 Å². The van der Waals surface area contributed by atoms with Gasteiger partial charge >= 0.3 is 0 Å². The highest BCUT2D eigenvalue weighted by Gasteiger charge is 2.09. The first-order valence-corrected chi connectivity index (χ1v) is 6.65. The van der Waals surface area contributed by atoms with Crippen molar-refractivity contribution < 1.29 is 0 Å². The van der Waals surface area contributed by atoms with E-state index < -0.39 is 0 Å². The van der Waals surface area contributed by atoms with Crippen LogP contribution in [0.3, 0.4) is 0 Å². The Kier molecular flexibility index (Phi) is 3.97. The lowest BCUT2D eigenvalue weighted by Gasteiger charge is -2.19. The Morgan fingerprint density at radius 3 is 2.94 bits per heavy atom. The van der Waals surface area contributed by atoms with Crippen molar-refractivity contribution in [1.82, 2.24) is 9.97 Å². The van der Waals surface area contributed by atoms with E-state index in [-0.39, 0.29) is 0 Å². The van der Waals surface area contributed by atoms with Crippen LogP contribution >= 0.6 is 22.9 Å². The Morgan fingerprint density at radius 2 is 2.24 bits per heavy atom. The van der Waals surface area contributed by atoms with Gasteiger partial charge in [0.15, 0.2) is 0 Å². The van der Waals surface area contributed by atoms with Gasteiger partial charge < -0.3 is 4.90 Å². The molecule has 0 bridgehead atoms. The van der Waals surface area contributed by atoms with Crippen molar-refractivity contribution in [3.8, 4) is 0 Å². The van der Waals surface area contributed by atoms with E-state index in [9.17, 15) is 0 Å². The molecule has 0 unspecified atom stereocenters. The van der Waals surface area contributed by atoms with Gasteiger partial charge in [0.1, 0.15) is 17.3 Å². The summed E-state index contributed by atoms with van der Waals surface area (Å²) in [5.74, 6) is 0.904. The molecular weight excluding hydrogens is 254 g/mol. The fourth-order valence-electron chi connectivity index (χ4n) is 1.64. The number of rotatable bonds is 4. The van der Waals surface area contributed by atoms with Gasteiger partial charge in [-0.3, -0.25) is 0 Å². The third kappa shape index (κ3) is 2.96. The molecule has 3 nitrogen and oxygen atoms in total. The summed E-state index contributed by atoms with van der Waals surface area (Å²) in [6.07, 6.45) is 2.53. The number of halogens is 1. The van der Waals surface area contributed by atoms with Gasteiger partial charge in [-0.2, -0.15) is 0 Å². The van der Waals surface area contributed by atoms with Gasteiger partial charge in [-0.15, -0.1) is 11.3 Å². The van der Waals surface area contributed by atoms with Gasteiger partial charge in [0.25, 0.3) is 0 Å². The first kappa shape index (κ1) is 12.3. The summed E-state index contributed by atoms with van der Waals surface area (Å²) in [5, 5.41) is 2.63. The smallest absolute Gasteiger partial charge is 0.137 e. The lowest BCUT2D eigenvalue weighted by atomic mass is 10.3. The SMILES string of the molecule is Cc1c(Cl)ncnc1N(C)CCc1cccs1. The summed E-state index contributed by atoms with van der Waals surface area (Å²) in [6.45, 7) is 2.87. The van der Waals surface area contributed by atoms with E-state index in [0.717, 1.165) is 24.3 Å². The molecule has 2 heterocycles. The van der Waals surface area contributed by atoms with E-state index in [1.165, 1.54) is 11.2 Å². The zero-order chi connectivity index (χ0) is 12.3. The zero-order valence-corrected chi connectivity index (χ0v) is 11.4. The van der Waals surface area contributed by atoms with E-state index in [4.69, 9.17) is 11.6 Å². The quantitative estimate of drug-likeness (QED) is 0.797. The number of thiophene rings is 1. The molecule has 0 atom stereocenters.